The number of rotatable bonds is 3. The molecule has 0 aromatic rings. The third-order valence-electron chi connectivity index (χ3n) is 3.51. The highest BCUT2D eigenvalue weighted by molar-refractivity contribution is 5.85. The predicted octanol–water partition coefficient (Wildman–Crippen LogP) is 1.52. The summed E-state index contributed by atoms with van der Waals surface area (Å²) in [6, 6.07) is 1.29. The summed E-state index contributed by atoms with van der Waals surface area (Å²) in [7, 11) is 0. The molecule has 2 fully saturated rings. The molecule has 0 aromatic carbocycles. The zero-order valence-electron chi connectivity index (χ0n) is 10.4. The number of hydrogen-bond acceptors (Lipinski definition) is 3. The summed E-state index contributed by atoms with van der Waals surface area (Å²) < 4.78 is 5.41. The Morgan fingerprint density at radius 1 is 1.25 bits per heavy atom. The smallest absolute Gasteiger partial charge is 0.0495 e. The Morgan fingerprint density at radius 3 is 2.50 bits per heavy atom. The monoisotopic (exact) mass is 248 g/mol. The average Bonchev–Trinajstić information content (AvgIpc) is 2.65. The zero-order chi connectivity index (χ0) is 10.7. The first-order valence-electron chi connectivity index (χ1n) is 6.30. The third-order valence-corrected chi connectivity index (χ3v) is 3.51. The SMILES string of the molecule is CC1CN(CCC2CCOC2)CC(C)N1.Cl. The van der Waals surface area contributed by atoms with Gasteiger partial charge in [-0.1, -0.05) is 0 Å². The zero-order valence-corrected chi connectivity index (χ0v) is 11.3. The van der Waals surface area contributed by atoms with E-state index >= 15 is 0 Å². The Hall–Kier alpha value is 0.170. The molecule has 96 valence electrons. The minimum atomic E-state index is 0. The average molecular weight is 249 g/mol. The lowest BCUT2D eigenvalue weighted by Crippen LogP contribution is -2.54. The molecule has 2 heterocycles. The van der Waals surface area contributed by atoms with Crippen LogP contribution in [0.3, 0.4) is 0 Å². The molecule has 0 amide bonds. The summed E-state index contributed by atoms with van der Waals surface area (Å²) in [6.07, 6.45) is 2.59. The van der Waals surface area contributed by atoms with Crippen molar-refractivity contribution in [3.8, 4) is 0 Å². The first-order chi connectivity index (χ1) is 7.24. The van der Waals surface area contributed by atoms with Gasteiger partial charge >= 0.3 is 0 Å². The van der Waals surface area contributed by atoms with E-state index in [9.17, 15) is 0 Å². The molecular weight excluding hydrogens is 224 g/mol. The van der Waals surface area contributed by atoms with E-state index in [2.05, 4.69) is 24.1 Å². The number of halogens is 1. The van der Waals surface area contributed by atoms with E-state index in [1.54, 1.807) is 0 Å². The second-order valence-corrected chi connectivity index (χ2v) is 5.25. The number of nitrogens with one attached hydrogen (secondary N) is 1. The van der Waals surface area contributed by atoms with Gasteiger partial charge in [-0.25, -0.2) is 0 Å². The van der Waals surface area contributed by atoms with Crippen molar-refractivity contribution in [3.05, 3.63) is 0 Å². The maximum atomic E-state index is 5.41. The molecule has 0 bridgehead atoms. The molecule has 0 aliphatic carbocycles. The summed E-state index contributed by atoms with van der Waals surface area (Å²) in [4.78, 5) is 2.60. The van der Waals surface area contributed by atoms with Gasteiger partial charge in [0.05, 0.1) is 0 Å². The molecule has 2 rings (SSSR count). The maximum Gasteiger partial charge on any atom is 0.0495 e. The molecule has 0 spiro atoms. The van der Waals surface area contributed by atoms with Crippen molar-refractivity contribution in [1.82, 2.24) is 10.2 Å². The highest BCUT2D eigenvalue weighted by Crippen LogP contribution is 2.17. The van der Waals surface area contributed by atoms with E-state index in [0.717, 1.165) is 19.1 Å². The molecule has 0 saturated carbocycles. The highest BCUT2D eigenvalue weighted by Gasteiger charge is 2.22. The lowest BCUT2D eigenvalue weighted by Gasteiger charge is -2.36. The van der Waals surface area contributed by atoms with E-state index in [0.29, 0.717) is 12.1 Å². The highest BCUT2D eigenvalue weighted by atomic mass is 35.5. The predicted molar refractivity (Wildman–Crippen MR) is 69.3 cm³/mol. The summed E-state index contributed by atoms with van der Waals surface area (Å²) in [6.45, 7) is 10.2. The van der Waals surface area contributed by atoms with Gasteiger partial charge < -0.3 is 15.0 Å². The largest absolute Gasteiger partial charge is 0.381 e. The Labute approximate surface area is 105 Å². The first kappa shape index (κ1) is 14.2. The molecule has 3 unspecified atom stereocenters. The van der Waals surface area contributed by atoms with Crippen LogP contribution in [0.4, 0.5) is 0 Å². The van der Waals surface area contributed by atoms with Gasteiger partial charge in [0, 0.05) is 38.4 Å². The molecular formula is C12H25ClN2O. The normalized spacial score (nSPS) is 36.0. The van der Waals surface area contributed by atoms with Gasteiger partial charge in [-0.15, -0.1) is 12.4 Å². The number of ether oxygens (including phenoxy) is 1. The fourth-order valence-corrected chi connectivity index (χ4v) is 2.80. The summed E-state index contributed by atoms with van der Waals surface area (Å²) in [5.74, 6) is 0.825. The Kier molecular flexibility index (Phi) is 6.05. The van der Waals surface area contributed by atoms with Gasteiger partial charge in [0.15, 0.2) is 0 Å². The van der Waals surface area contributed by atoms with Crippen molar-refractivity contribution in [2.45, 2.75) is 38.8 Å². The minimum absolute atomic E-state index is 0. The molecule has 4 heteroatoms. The number of hydrogen-bond donors (Lipinski definition) is 1. The molecule has 16 heavy (non-hydrogen) atoms. The van der Waals surface area contributed by atoms with Crippen LogP contribution >= 0.6 is 12.4 Å². The third kappa shape index (κ3) is 4.21. The molecule has 2 saturated heterocycles. The molecule has 0 radical (unpaired) electrons. The van der Waals surface area contributed by atoms with Crippen LogP contribution in [0.15, 0.2) is 0 Å². The van der Waals surface area contributed by atoms with Gasteiger partial charge in [-0.2, -0.15) is 0 Å². The quantitative estimate of drug-likeness (QED) is 0.820. The fraction of sp³-hybridized carbons (Fsp3) is 1.00. The second kappa shape index (κ2) is 6.80. The van der Waals surface area contributed by atoms with E-state index in [1.165, 1.54) is 32.5 Å². The van der Waals surface area contributed by atoms with Crippen molar-refractivity contribution in [1.29, 1.82) is 0 Å². The van der Waals surface area contributed by atoms with E-state index in [-0.39, 0.29) is 12.4 Å². The molecule has 3 atom stereocenters. The number of piperazine rings is 1. The molecule has 1 N–H and O–H groups in total. The van der Waals surface area contributed by atoms with Gasteiger partial charge in [0.25, 0.3) is 0 Å². The van der Waals surface area contributed by atoms with Crippen LogP contribution in [0, 0.1) is 5.92 Å². The van der Waals surface area contributed by atoms with Crippen molar-refractivity contribution < 1.29 is 4.74 Å². The molecule has 0 aromatic heterocycles. The molecule has 2 aliphatic rings. The van der Waals surface area contributed by atoms with Crippen molar-refractivity contribution in [2.24, 2.45) is 5.92 Å². The molecule has 2 aliphatic heterocycles. The van der Waals surface area contributed by atoms with Crippen molar-refractivity contribution >= 4 is 12.4 Å². The second-order valence-electron chi connectivity index (χ2n) is 5.25. The lowest BCUT2D eigenvalue weighted by atomic mass is 10.0. The van der Waals surface area contributed by atoms with Crippen LogP contribution in [0.5, 0.6) is 0 Å². The lowest BCUT2D eigenvalue weighted by molar-refractivity contribution is 0.153. The first-order valence-corrected chi connectivity index (χ1v) is 6.30. The van der Waals surface area contributed by atoms with E-state index < -0.39 is 0 Å². The van der Waals surface area contributed by atoms with Crippen LogP contribution in [0.25, 0.3) is 0 Å². The van der Waals surface area contributed by atoms with Crippen LogP contribution < -0.4 is 5.32 Å². The van der Waals surface area contributed by atoms with E-state index in [4.69, 9.17) is 4.74 Å². The van der Waals surface area contributed by atoms with Crippen molar-refractivity contribution in [2.75, 3.05) is 32.8 Å². The van der Waals surface area contributed by atoms with Gasteiger partial charge in [0.1, 0.15) is 0 Å². The van der Waals surface area contributed by atoms with E-state index in [1.807, 2.05) is 0 Å². The Balaban J connectivity index is 0.00000128. The standard InChI is InChI=1S/C12H24N2O.ClH/c1-10-7-14(8-11(2)13-10)5-3-12-4-6-15-9-12;/h10-13H,3-9H2,1-2H3;1H. The minimum Gasteiger partial charge on any atom is -0.381 e. The van der Waals surface area contributed by atoms with Crippen LogP contribution in [0.2, 0.25) is 0 Å². The maximum absolute atomic E-state index is 5.41. The Morgan fingerprint density at radius 2 is 1.94 bits per heavy atom. The van der Waals surface area contributed by atoms with Crippen LogP contribution in [-0.2, 0) is 4.74 Å². The topological polar surface area (TPSA) is 24.5 Å². The van der Waals surface area contributed by atoms with Gasteiger partial charge in [-0.3, -0.25) is 0 Å². The summed E-state index contributed by atoms with van der Waals surface area (Å²) >= 11 is 0. The molecule has 3 nitrogen and oxygen atoms in total. The Bertz CT molecular complexity index is 187. The van der Waals surface area contributed by atoms with Gasteiger partial charge in [0.2, 0.25) is 0 Å². The fourth-order valence-electron chi connectivity index (χ4n) is 2.80. The van der Waals surface area contributed by atoms with Crippen LogP contribution in [-0.4, -0.2) is 49.8 Å². The number of nitrogens with zero attached hydrogens (tertiary/aromatic N) is 1. The van der Waals surface area contributed by atoms with Crippen LogP contribution in [0.1, 0.15) is 26.7 Å². The summed E-state index contributed by atoms with van der Waals surface area (Å²) in [5, 5.41) is 3.57. The van der Waals surface area contributed by atoms with Crippen molar-refractivity contribution in [3.63, 3.8) is 0 Å². The summed E-state index contributed by atoms with van der Waals surface area (Å²) in [5.41, 5.74) is 0. The van der Waals surface area contributed by atoms with Gasteiger partial charge in [-0.05, 0) is 39.2 Å².